The first-order valence-corrected chi connectivity index (χ1v) is 6.35. The smallest absolute Gasteiger partial charge is 0.145 e. The van der Waals surface area contributed by atoms with Gasteiger partial charge in [0.2, 0.25) is 0 Å². The van der Waals surface area contributed by atoms with Crippen LogP contribution in [0.25, 0.3) is 0 Å². The first-order valence-electron chi connectivity index (χ1n) is 5.18. The van der Waals surface area contributed by atoms with E-state index in [4.69, 9.17) is 22.1 Å². The summed E-state index contributed by atoms with van der Waals surface area (Å²) in [5, 5.41) is 0.0571. The summed E-state index contributed by atoms with van der Waals surface area (Å²) in [4.78, 5) is 0. The quantitative estimate of drug-likeness (QED) is 0.668. The lowest BCUT2D eigenvalue weighted by atomic mass is 10.2. The van der Waals surface area contributed by atoms with Crippen LogP contribution in [0.1, 0.15) is 5.56 Å². The van der Waals surface area contributed by atoms with Gasteiger partial charge < -0.3 is 10.5 Å². The summed E-state index contributed by atoms with van der Waals surface area (Å²) in [5.41, 5.74) is 7.22. The summed E-state index contributed by atoms with van der Waals surface area (Å²) in [6.07, 6.45) is 0. The second-order valence-corrected chi connectivity index (χ2v) is 4.99. The summed E-state index contributed by atoms with van der Waals surface area (Å²) in [6.45, 7) is 0.333. The van der Waals surface area contributed by atoms with Gasteiger partial charge in [-0.2, -0.15) is 0 Å². The van der Waals surface area contributed by atoms with E-state index in [1.807, 2.05) is 12.1 Å². The Kier molecular flexibility index (Phi) is 4.09. The minimum atomic E-state index is -0.507. The van der Waals surface area contributed by atoms with Crippen molar-refractivity contribution in [2.45, 2.75) is 6.61 Å². The second kappa shape index (κ2) is 5.59. The molecule has 0 spiro atoms. The van der Waals surface area contributed by atoms with Gasteiger partial charge in [0.1, 0.15) is 18.2 Å². The molecule has 2 aromatic rings. The molecule has 18 heavy (non-hydrogen) atoms. The normalized spacial score (nSPS) is 10.4. The van der Waals surface area contributed by atoms with Gasteiger partial charge in [-0.1, -0.05) is 23.7 Å². The van der Waals surface area contributed by atoms with Crippen LogP contribution in [0.3, 0.4) is 0 Å². The Morgan fingerprint density at radius 1 is 1.22 bits per heavy atom. The topological polar surface area (TPSA) is 35.2 Å². The van der Waals surface area contributed by atoms with Gasteiger partial charge >= 0.3 is 0 Å². The van der Waals surface area contributed by atoms with Gasteiger partial charge in [0.25, 0.3) is 0 Å². The van der Waals surface area contributed by atoms with Crippen LogP contribution < -0.4 is 10.5 Å². The van der Waals surface area contributed by atoms with E-state index >= 15 is 0 Å². The van der Waals surface area contributed by atoms with Crippen LogP contribution in [0.15, 0.2) is 40.9 Å². The molecule has 0 saturated heterocycles. The van der Waals surface area contributed by atoms with Gasteiger partial charge in [-0.3, -0.25) is 0 Å². The molecule has 0 aliphatic carbocycles. The molecule has 0 unspecified atom stereocenters. The minimum absolute atomic E-state index is 0.0571. The Labute approximate surface area is 118 Å². The third-order valence-electron chi connectivity index (χ3n) is 2.35. The van der Waals surface area contributed by atoms with Gasteiger partial charge in [0, 0.05) is 11.8 Å². The summed E-state index contributed by atoms with van der Waals surface area (Å²) < 4.78 is 19.4. The minimum Gasteiger partial charge on any atom is -0.488 e. The van der Waals surface area contributed by atoms with E-state index in [0.717, 1.165) is 5.56 Å². The van der Waals surface area contributed by atoms with Crippen molar-refractivity contribution in [3.63, 3.8) is 0 Å². The van der Waals surface area contributed by atoms with Crippen molar-refractivity contribution in [2.75, 3.05) is 5.73 Å². The summed E-state index contributed by atoms with van der Waals surface area (Å²) in [7, 11) is 0. The number of nitrogens with two attached hydrogens (primary N) is 1. The average Bonchev–Trinajstić information content (AvgIpc) is 2.34. The zero-order valence-corrected chi connectivity index (χ0v) is 11.6. The number of nitrogen functional groups attached to an aromatic ring is 1. The Hall–Kier alpha value is -1.26. The maximum Gasteiger partial charge on any atom is 0.145 e. The van der Waals surface area contributed by atoms with Gasteiger partial charge in [0.15, 0.2) is 0 Å². The van der Waals surface area contributed by atoms with Crippen molar-refractivity contribution >= 4 is 33.2 Å². The van der Waals surface area contributed by atoms with E-state index in [-0.39, 0.29) is 5.02 Å². The predicted octanol–water partition coefficient (Wildman–Crippen LogP) is 4.40. The molecule has 0 bridgehead atoms. The number of benzene rings is 2. The van der Waals surface area contributed by atoms with E-state index in [0.29, 0.717) is 22.5 Å². The van der Waals surface area contributed by atoms with E-state index in [1.165, 1.54) is 12.1 Å². The van der Waals surface area contributed by atoms with Gasteiger partial charge in [0.05, 0.1) is 9.50 Å². The molecular formula is C13H10BrClFNO. The van der Waals surface area contributed by atoms with Crippen LogP contribution in [0.5, 0.6) is 5.75 Å². The van der Waals surface area contributed by atoms with Crippen LogP contribution in [-0.4, -0.2) is 0 Å². The van der Waals surface area contributed by atoms with Crippen molar-refractivity contribution in [3.8, 4) is 5.75 Å². The van der Waals surface area contributed by atoms with Crippen molar-refractivity contribution in [1.82, 2.24) is 0 Å². The maximum atomic E-state index is 13.3. The highest BCUT2D eigenvalue weighted by Gasteiger charge is 2.08. The highest BCUT2D eigenvalue weighted by atomic mass is 79.9. The highest BCUT2D eigenvalue weighted by Crippen LogP contribution is 2.31. The van der Waals surface area contributed by atoms with Crippen LogP contribution in [0, 0.1) is 5.82 Å². The van der Waals surface area contributed by atoms with Crippen molar-refractivity contribution in [2.24, 2.45) is 0 Å². The summed E-state index contributed by atoms with van der Waals surface area (Å²) in [5.74, 6) is -0.0964. The predicted molar refractivity (Wildman–Crippen MR) is 74.3 cm³/mol. The molecule has 0 aromatic heterocycles. The van der Waals surface area contributed by atoms with Gasteiger partial charge in [-0.25, -0.2) is 4.39 Å². The van der Waals surface area contributed by atoms with Crippen molar-refractivity contribution in [1.29, 1.82) is 0 Å². The molecule has 0 heterocycles. The highest BCUT2D eigenvalue weighted by molar-refractivity contribution is 9.10. The standard InChI is InChI=1S/C13H10BrClFNO/c14-10-5-11(15)12(16)6-13(10)18-7-8-1-3-9(17)4-2-8/h1-6H,7,17H2. The van der Waals surface area contributed by atoms with E-state index in [1.54, 1.807) is 12.1 Å². The lowest BCUT2D eigenvalue weighted by molar-refractivity contribution is 0.302. The molecule has 5 heteroatoms. The Morgan fingerprint density at radius 2 is 1.89 bits per heavy atom. The maximum absolute atomic E-state index is 13.3. The summed E-state index contributed by atoms with van der Waals surface area (Å²) in [6, 6.07) is 10.0. The van der Waals surface area contributed by atoms with Gasteiger partial charge in [-0.05, 0) is 39.7 Å². The Balaban J connectivity index is 2.10. The molecule has 0 atom stereocenters. The third-order valence-corrected chi connectivity index (χ3v) is 3.26. The van der Waals surface area contributed by atoms with Gasteiger partial charge in [-0.15, -0.1) is 0 Å². The number of halogens is 3. The molecule has 2 aromatic carbocycles. The average molecular weight is 331 g/mol. The fourth-order valence-electron chi connectivity index (χ4n) is 1.39. The third kappa shape index (κ3) is 3.15. The molecule has 0 saturated carbocycles. The lowest BCUT2D eigenvalue weighted by Gasteiger charge is -2.09. The molecule has 94 valence electrons. The molecule has 0 radical (unpaired) electrons. The first kappa shape index (κ1) is 13.2. The fourth-order valence-corrected chi connectivity index (χ4v) is 2.14. The lowest BCUT2D eigenvalue weighted by Crippen LogP contribution is -1.97. The van der Waals surface area contributed by atoms with E-state index in [9.17, 15) is 4.39 Å². The van der Waals surface area contributed by atoms with E-state index in [2.05, 4.69) is 15.9 Å². The number of hydrogen-bond donors (Lipinski definition) is 1. The number of rotatable bonds is 3. The SMILES string of the molecule is Nc1ccc(COc2cc(F)c(Cl)cc2Br)cc1. The van der Waals surface area contributed by atoms with E-state index < -0.39 is 5.82 Å². The Morgan fingerprint density at radius 3 is 2.56 bits per heavy atom. The molecular weight excluding hydrogens is 321 g/mol. The molecule has 2 rings (SSSR count). The second-order valence-electron chi connectivity index (χ2n) is 3.73. The van der Waals surface area contributed by atoms with Crippen LogP contribution >= 0.6 is 27.5 Å². The molecule has 0 aliphatic heterocycles. The monoisotopic (exact) mass is 329 g/mol. The van der Waals surface area contributed by atoms with Crippen LogP contribution in [-0.2, 0) is 6.61 Å². The molecule has 2 nitrogen and oxygen atoms in total. The van der Waals surface area contributed by atoms with Crippen molar-refractivity contribution < 1.29 is 9.13 Å². The van der Waals surface area contributed by atoms with Crippen molar-refractivity contribution in [3.05, 3.63) is 57.3 Å². The zero-order valence-electron chi connectivity index (χ0n) is 9.29. The molecule has 0 fully saturated rings. The largest absolute Gasteiger partial charge is 0.488 e. The zero-order chi connectivity index (χ0) is 13.1. The molecule has 0 amide bonds. The first-order chi connectivity index (χ1) is 8.56. The molecule has 0 aliphatic rings. The number of anilines is 1. The molecule has 2 N–H and O–H groups in total. The number of hydrogen-bond acceptors (Lipinski definition) is 2. The summed E-state index contributed by atoms with van der Waals surface area (Å²) >= 11 is 8.92. The van der Waals surface area contributed by atoms with Crippen LogP contribution in [0.4, 0.5) is 10.1 Å². The number of ether oxygens (including phenoxy) is 1. The Bertz CT molecular complexity index is 560. The van der Waals surface area contributed by atoms with Crippen LogP contribution in [0.2, 0.25) is 5.02 Å². The fraction of sp³-hybridized carbons (Fsp3) is 0.0769.